The van der Waals surface area contributed by atoms with Crippen LogP contribution in [0.4, 0.5) is 13.6 Å². The number of thioether (sulfide) groups is 1. The number of carboxylic acids is 1. The standard InChI is InChI=1S/C19H16F2N2O5S/c20-12-5-10(7-14(22)18(25)26)6-13(21)16(12)28-11-3-1-9(2-4-11)8-15-17(24)23-19(27)29-15/h1-6,14-15H,7-8,22H2,(H,25,26)(H,23,24,27). The molecule has 0 aliphatic carbocycles. The SMILES string of the molecule is NC(Cc1cc(F)c(Oc2ccc(CC3SC(=O)NC3=O)cc2)c(F)c1)C(=O)O. The third-order valence-electron chi connectivity index (χ3n) is 4.16. The van der Waals surface area contributed by atoms with Crippen molar-refractivity contribution < 1.29 is 33.0 Å². The Morgan fingerprint density at radius 1 is 1.17 bits per heavy atom. The second kappa shape index (κ2) is 8.58. The summed E-state index contributed by atoms with van der Waals surface area (Å²) in [5, 5.41) is 10.1. The molecule has 2 aromatic carbocycles. The number of carbonyl (C=O) groups is 3. The van der Waals surface area contributed by atoms with Crippen LogP contribution in [0.2, 0.25) is 0 Å². The molecule has 152 valence electrons. The van der Waals surface area contributed by atoms with Gasteiger partial charge in [0.05, 0.1) is 5.25 Å². The summed E-state index contributed by atoms with van der Waals surface area (Å²) in [7, 11) is 0. The summed E-state index contributed by atoms with van der Waals surface area (Å²) < 4.78 is 33.8. The molecule has 7 nitrogen and oxygen atoms in total. The Labute approximate surface area is 168 Å². The van der Waals surface area contributed by atoms with Crippen LogP contribution in [0.3, 0.4) is 0 Å². The number of carboxylic acid groups (broad SMARTS) is 1. The highest BCUT2D eigenvalue weighted by Crippen LogP contribution is 2.30. The topological polar surface area (TPSA) is 119 Å². The fourth-order valence-corrected chi connectivity index (χ4v) is 3.58. The van der Waals surface area contributed by atoms with Gasteiger partial charge in [0.15, 0.2) is 17.4 Å². The fourth-order valence-electron chi connectivity index (χ4n) is 2.72. The first kappa shape index (κ1) is 20.7. The van der Waals surface area contributed by atoms with Crippen molar-refractivity contribution in [3.63, 3.8) is 0 Å². The first-order chi connectivity index (χ1) is 13.7. The average molecular weight is 422 g/mol. The number of aliphatic carboxylic acids is 1. The smallest absolute Gasteiger partial charge is 0.320 e. The molecule has 1 heterocycles. The summed E-state index contributed by atoms with van der Waals surface area (Å²) in [6, 6.07) is 6.90. The van der Waals surface area contributed by atoms with Crippen LogP contribution in [-0.2, 0) is 22.4 Å². The van der Waals surface area contributed by atoms with Crippen LogP contribution < -0.4 is 15.8 Å². The maximum absolute atomic E-state index is 14.2. The van der Waals surface area contributed by atoms with Crippen molar-refractivity contribution in [2.75, 3.05) is 0 Å². The predicted octanol–water partition coefficient (Wildman–Crippen LogP) is 2.61. The summed E-state index contributed by atoms with van der Waals surface area (Å²) in [6.07, 6.45) is 0.0944. The Kier molecular flexibility index (Phi) is 6.14. The minimum atomic E-state index is -1.27. The van der Waals surface area contributed by atoms with Crippen LogP contribution in [0.15, 0.2) is 36.4 Å². The van der Waals surface area contributed by atoms with Gasteiger partial charge >= 0.3 is 5.97 Å². The molecule has 0 saturated carbocycles. The Morgan fingerprint density at radius 2 is 1.79 bits per heavy atom. The highest BCUT2D eigenvalue weighted by molar-refractivity contribution is 8.15. The number of benzene rings is 2. The molecule has 3 rings (SSSR count). The number of nitrogens with one attached hydrogen (secondary N) is 1. The summed E-state index contributed by atoms with van der Waals surface area (Å²) >= 11 is 0.911. The third-order valence-corrected chi connectivity index (χ3v) is 5.14. The van der Waals surface area contributed by atoms with E-state index in [0.717, 1.165) is 29.5 Å². The quantitative estimate of drug-likeness (QED) is 0.628. The fraction of sp³-hybridized carbons (Fsp3) is 0.211. The number of halogens is 2. The monoisotopic (exact) mass is 422 g/mol. The van der Waals surface area contributed by atoms with Gasteiger partial charge in [-0.1, -0.05) is 23.9 Å². The Bertz CT molecular complexity index is 945. The van der Waals surface area contributed by atoms with E-state index >= 15 is 0 Å². The average Bonchev–Trinajstić information content (AvgIpc) is 2.96. The number of amides is 2. The molecule has 0 radical (unpaired) electrons. The van der Waals surface area contributed by atoms with Crippen LogP contribution in [0, 0.1) is 11.6 Å². The number of hydrogen-bond donors (Lipinski definition) is 3. The van der Waals surface area contributed by atoms with Gasteiger partial charge in [-0.05, 0) is 48.2 Å². The molecule has 0 aromatic heterocycles. The molecule has 2 unspecified atom stereocenters. The lowest BCUT2D eigenvalue weighted by molar-refractivity contribution is -0.138. The number of nitrogens with two attached hydrogens (primary N) is 1. The van der Waals surface area contributed by atoms with E-state index in [1.54, 1.807) is 12.1 Å². The first-order valence-corrected chi connectivity index (χ1v) is 9.35. The molecule has 10 heteroatoms. The minimum absolute atomic E-state index is 0.0967. The van der Waals surface area contributed by atoms with Gasteiger partial charge in [0.2, 0.25) is 5.91 Å². The summed E-state index contributed by atoms with van der Waals surface area (Å²) in [5.74, 6) is -4.06. The van der Waals surface area contributed by atoms with Gasteiger partial charge in [0, 0.05) is 0 Å². The molecule has 4 N–H and O–H groups in total. The largest absolute Gasteiger partial charge is 0.480 e. The molecule has 0 bridgehead atoms. The Morgan fingerprint density at radius 3 is 2.31 bits per heavy atom. The third kappa shape index (κ3) is 5.09. The summed E-state index contributed by atoms with van der Waals surface area (Å²) in [4.78, 5) is 33.6. The Hall–Kier alpha value is -2.98. The predicted molar refractivity (Wildman–Crippen MR) is 101 cm³/mol. The van der Waals surface area contributed by atoms with Crippen molar-refractivity contribution >= 4 is 28.9 Å². The van der Waals surface area contributed by atoms with Crippen molar-refractivity contribution in [1.82, 2.24) is 5.32 Å². The van der Waals surface area contributed by atoms with Gasteiger partial charge in [0.25, 0.3) is 5.24 Å². The maximum Gasteiger partial charge on any atom is 0.320 e. The van der Waals surface area contributed by atoms with Crippen LogP contribution in [0.1, 0.15) is 11.1 Å². The lowest BCUT2D eigenvalue weighted by Crippen LogP contribution is -2.32. The highest BCUT2D eigenvalue weighted by atomic mass is 32.2. The highest BCUT2D eigenvalue weighted by Gasteiger charge is 2.31. The lowest BCUT2D eigenvalue weighted by Gasteiger charge is -2.12. The van der Waals surface area contributed by atoms with E-state index in [4.69, 9.17) is 15.6 Å². The van der Waals surface area contributed by atoms with E-state index in [-0.39, 0.29) is 23.6 Å². The first-order valence-electron chi connectivity index (χ1n) is 8.47. The van der Waals surface area contributed by atoms with E-state index in [1.807, 2.05) is 0 Å². The molecule has 1 aliphatic heterocycles. The molecular weight excluding hydrogens is 406 g/mol. The van der Waals surface area contributed by atoms with E-state index in [9.17, 15) is 23.2 Å². The van der Waals surface area contributed by atoms with E-state index in [0.29, 0.717) is 6.42 Å². The summed E-state index contributed by atoms with van der Waals surface area (Å²) in [6.45, 7) is 0. The molecular formula is C19H16F2N2O5S. The molecule has 29 heavy (non-hydrogen) atoms. The zero-order valence-electron chi connectivity index (χ0n) is 14.9. The lowest BCUT2D eigenvalue weighted by atomic mass is 10.1. The van der Waals surface area contributed by atoms with E-state index < -0.39 is 39.9 Å². The van der Waals surface area contributed by atoms with Gasteiger partial charge in [-0.3, -0.25) is 19.7 Å². The van der Waals surface area contributed by atoms with E-state index in [2.05, 4.69) is 5.32 Å². The molecule has 1 saturated heterocycles. The molecule has 0 spiro atoms. The van der Waals surface area contributed by atoms with Crippen molar-refractivity contribution in [3.05, 3.63) is 59.2 Å². The summed E-state index contributed by atoms with van der Waals surface area (Å²) in [5.41, 5.74) is 6.22. The van der Waals surface area contributed by atoms with Crippen molar-refractivity contribution in [1.29, 1.82) is 0 Å². The molecule has 1 fully saturated rings. The minimum Gasteiger partial charge on any atom is -0.480 e. The molecule has 2 amide bonds. The molecule has 2 aromatic rings. The zero-order valence-corrected chi connectivity index (χ0v) is 15.7. The number of carbonyl (C=O) groups excluding carboxylic acids is 2. The molecule has 1 aliphatic rings. The number of hydrogen-bond acceptors (Lipinski definition) is 6. The van der Waals surface area contributed by atoms with Crippen molar-refractivity contribution in [3.8, 4) is 11.5 Å². The molecule has 2 atom stereocenters. The van der Waals surface area contributed by atoms with Crippen LogP contribution in [-0.4, -0.2) is 33.5 Å². The number of rotatable bonds is 7. The number of imide groups is 1. The van der Waals surface area contributed by atoms with Gasteiger partial charge < -0.3 is 15.6 Å². The van der Waals surface area contributed by atoms with Gasteiger partial charge in [0.1, 0.15) is 11.8 Å². The normalized spacial score (nSPS) is 17.1. The van der Waals surface area contributed by atoms with Crippen LogP contribution in [0.25, 0.3) is 0 Å². The van der Waals surface area contributed by atoms with Gasteiger partial charge in [-0.25, -0.2) is 8.78 Å². The zero-order chi connectivity index (χ0) is 21.1. The van der Waals surface area contributed by atoms with Crippen LogP contribution >= 0.6 is 11.8 Å². The number of ether oxygens (including phenoxy) is 1. The second-order valence-electron chi connectivity index (χ2n) is 6.37. The Balaban J connectivity index is 1.69. The van der Waals surface area contributed by atoms with Gasteiger partial charge in [-0.2, -0.15) is 0 Å². The maximum atomic E-state index is 14.2. The second-order valence-corrected chi connectivity index (χ2v) is 7.55. The van der Waals surface area contributed by atoms with Gasteiger partial charge in [-0.15, -0.1) is 0 Å². The van der Waals surface area contributed by atoms with Crippen molar-refractivity contribution in [2.24, 2.45) is 5.73 Å². The van der Waals surface area contributed by atoms with E-state index in [1.165, 1.54) is 12.1 Å². The van der Waals surface area contributed by atoms with Crippen molar-refractivity contribution in [2.45, 2.75) is 24.1 Å². The van der Waals surface area contributed by atoms with Crippen LogP contribution in [0.5, 0.6) is 11.5 Å².